The van der Waals surface area contributed by atoms with Crippen LogP contribution in [0.25, 0.3) is 0 Å². The third-order valence-electron chi connectivity index (χ3n) is 4.13. The van der Waals surface area contributed by atoms with Crippen LogP contribution < -0.4 is 5.32 Å². The molecule has 0 radical (unpaired) electrons. The Hall–Kier alpha value is -0.0800. The zero-order chi connectivity index (χ0) is 12.0. The molecule has 1 heterocycles. The Bertz CT molecular complexity index is 176. The third kappa shape index (κ3) is 4.06. The summed E-state index contributed by atoms with van der Waals surface area (Å²) in [7, 11) is 0. The molecular weight excluding hydrogens is 196 g/mol. The number of nitrogens with zero attached hydrogens (tertiary/aromatic N) is 1. The molecule has 1 aliphatic rings. The molecule has 0 aromatic heterocycles. The number of hydrogen-bond acceptors (Lipinski definition) is 2. The molecule has 1 fully saturated rings. The number of piperidine rings is 1. The third-order valence-corrected chi connectivity index (χ3v) is 4.13. The van der Waals surface area contributed by atoms with Gasteiger partial charge in [-0.05, 0) is 52.6 Å². The van der Waals surface area contributed by atoms with Crippen molar-refractivity contribution in [3.05, 3.63) is 0 Å². The van der Waals surface area contributed by atoms with E-state index in [0.717, 1.165) is 18.1 Å². The summed E-state index contributed by atoms with van der Waals surface area (Å²) in [5, 5.41) is 3.66. The summed E-state index contributed by atoms with van der Waals surface area (Å²) in [5.41, 5.74) is 0. The van der Waals surface area contributed by atoms with E-state index in [1.54, 1.807) is 0 Å². The van der Waals surface area contributed by atoms with E-state index in [1.165, 1.54) is 45.2 Å². The predicted octanol–water partition coefficient (Wildman–Crippen LogP) is 3.03. The van der Waals surface area contributed by atoms with Crippen molar-refractivity contribution in [1.82, 2.24) is 10.2 Å². The van der Waals surface area contributed by atoms with Gasteiger partial charge < -0.3 is 5.32 Å². The molecule has 0 aromatic rings. The largest absolute Gasteiger partial charge is 0.314 e. The molecule has 2 nitrogen and oxygen atoms in total. The normalized spacial score (nSPS) is 25.7. The van der Waals surface area contributed by atoms with Gasteiger partial charge in [-0.25, -0.2) is 0 Å². The van der Waals surface area contributed by atoms with Gasteiger partial charge in [0.25, 0.3) is 0 Å². The lowest BCUT2D eigenvalue weighted by atomic mass is 9.97. The predicted molar refractivity (Wildman–Crippen MR) is 71.9 cm³/mol. The molecule has 1 N–H and O–H groups in total. The van der Waals surface area contributed by atoms with Gasteiger partial charge in [0.15, 0.2) is 0 Å². The van der Waals surface area contributed by atoms with Crippen LogP contribution in [0, 0.1) is 0 Å². The molecule has 0 bridgehead atoms. The minimum atomic E-state index is 0.718. The SMILES string of the molecule is CCC(C)N(CC)C(C)CC1CCCCN1. The second-order valence-electron chi connectivity index (χ2n) is 5.32. The van der Waals surface area contributed by atoms with Crippen molar-refractivity contribution in [2.45, 2.75) is 77.9 Å². The summed E-state index contributed by atoms with van der Waals surface area (Å²) < 4.78 is 0. The van der Waals surface area contributed by atoms with Gasteiger partial charge in [0, 0.05) is 18.1 Å². The minimum absolute atomic E-state index is 0.718. The summed E-state index contributed by atoms with van der Waals surface area (Å²) >= 11 is 0. The van der Waals surface area contributed by atoms with E-state index in [9.17, 15) is 0 Å². The molecular formula is C14H30N2. The average molecular weight is 226 g/mol. The topological polar surface area (TPSA) is 15.3 Å². The van der Waals surface area contributed by atoms with Crippen LogP contribution in [0.4, 0.5) is 0 Å². The highest BCUT2D eigenvalue weighted by Crippen LogP contribution is 2.17. The molecule has 96 valence electrons. The quantitative estimate of drug-likeness (QED) is 0.749. The van der Waals surface area contributed by atoms with E-state index in [0.29, 0.717) is 0 Å². The van der Waals surface area contributed by atoms with Crippen molar-refractivity contribution in [3.8, 4) is 0 Å². The number of nitrogens with one attached hydrogen (secondary N) is 1. The van der Waals surface area contributed by atoms with E-state index >= 15 is 0 Å². The van der Waals surface area contributed by atoms with E-state index in [2.05, 4.69) is 37.9 Å². The van der Waals surface area contributed by atoms with E-state index in [4.69, 9.17) is 0 Å². The maximum absolute atomic E-state index is 3.66. The summed E-state index contributed by atoms with van der Waals surface area (Å²) in [6.45, 7) is 11.7. The highest BCUT2D eigenvalue weighted by molar-refractivity contribution is 4.80. The maximum Gasteiger partial charge on any atom is 0.00844 e. The number of hydrogen-bond donors (Lipinski definition) is 1. The van der Waals surface area contributed by atoms with Gasteiger partial charge in [-0.1, -0.05) is 20.3 Å². The summed E-state index contributed by atoms with van der Waals surface area (Å²) in [5.74, 6) is 0. The highest BCUT2D eigenvalue weighted by atomic mass is 15.2. The lowest BCUT2D eigenvalue weighted by molar-refractivity contribution is 0.138. The second-order valence-corrected chi connectivity index (χ2v) is 5.32. The van der Waals surface area contributed by atoms with Gasteiger partial charge in [0.1, 0.15) is 0 Å². The Balaban J connectivity index is 2.38. The van der Waals surface area contributed by atoms with Crippen molar-refractivity contribution in [1.29, 1.82) is 0 Å². The highest BCUT2D eigenvalue weighted by Gasteiger charge is 2.21. The van der Waals surface area contributed by atoms with Crippen molar-refractivity contribution in [3.63, 3.8) is 0 Å². The first-order chi connectivity index (χ1) is 7.69. The van der Waals surface area contributed by atoms with Crippen LogP contribution in [0.3, 0.4) is 0 Å². The fourth-order valence-corrected chi connectivity index (χ4v) is 2.96. The van der Waals surface area contributed by atoms with Crippen molar-refractivity contribution in [2.24, 2.45) is 0 Å². The van der Waals surface area contributed by atoms with Crippen molar-refractivity contribution in [2.75, 3.05) is 13.1 Å². The van der Waals surface area contributed by atoms with Crippen LogP contribution in [0.1, 0.15) is 59.8 Å². The van der Waals surface area contributed by atoms with Gasteiger partial charge in [-0.2, -0.15) is 0 Å². The Morgan fingerprint density at radius 1 is 1.19 bits per heavy atom. The monoisotopic (exact) mass is 226 g/mol. The van der Waals surface area contributed by atoms with Gasteiger partial charge in [0.05, 0.1) is 0 Å². The first kappa shape index (κ1) is 14.0. The lowest BCUT2D eigenvalue weighted by Gasteiger charge is -2.36. The Morgan fingerprint density at radius 2 is 1.94 bits per heavy atom. The Kier molecular flexibility index (Phi) is 6.37. The smallest absolute Gasteiger partial charge is 0.00844 e. The first-order valence-corrected chi connectivity index (χ1v) is 7.18. The second kappa shape index (κ2) is 7.29. The molecule has 16 heavy (non-hydrogen) atoms. The standard InChI is InChI=1S/C14H30N2/c1-5-12(3)16(6-2)13(4)11-14-9-7-8-10-15-14/h12-15H,5-11H2,1-4H3. The fourth-order valence-electron chi connectivity index (χ4n) is 2.96. The maximum atomic E-state index is 3.66. The van der Waals surface area contributed by atoms with Crippen LogP contribution in [-0.4, -0.2) is 36.1 Å². The van der Waals surface area contributed by atoms with E-state index in [1.807, 2.05) is 0 Å². The summed E-state index contributed by atoms with van der Waals surface area (Å²) in [6.07, 6.45) is 6.74. The molecule has 0 amide bonds. The lowest BCUT2D eigenvalue weighted by Crippen LogP contribution is -2.45. The number of rotatable bonds is 6. The van der Waals surface area contributed by atoms with Gasteiger partial charge in [0.2, 0.25) is 0 Å². The summed E-state index contributed by atoms with van der Waals surface area (Å²) in [4.78, 5) is 2.65. The van der Waals surface area contributed by atoms with E-state index < -0.39 is 0 Å². The van der Waals surface area contributed by atoms with Crippen LogP contribution in [0.5, 0.6) is 0 Å². The van der Waals surface area contributed by atoms with Gasteiger partial charge in [-0.15, -0.1) is 0 Å². The molecule has 3 atom stereocenters. The zero-order valence-electron chi connectivity index (χ0n) is 11.6. The molecule has 0 aliphatic carbocycles. The van der Waals surface area contributed by atoms with Crippen molar-refractivity contribution >= 4 is 0 Å². The van der Waals surface area contributed by atoms with E-state index in [-0.39, 0.29) is 0 Å². The fraction of sp³-hybridized carbons (Fsp3) is 1.00. The van der Waals surface area contributed by atoms with Crippen molar-refractivity contribution < 1.29 is 0 Å². The molecule has 1 rings (SSSR count). The molecule has 0 saturated carbocycles. The Labute approximate surface area is 102 Å². The van der Waals surface area contributed by atoms with Gasteiger partial charge >= 0.3 is 0 Å². The van der Waals surface area contributed by atoms with Crippen LogP contribution in [0.15, 0.2) is 0 Å². The average Bonchev–Trinajstić information content (AvgIpc) is 2.31. The zero-order valence-corrected chi connectivity index (χ0v) is 11.6. The van der Waals surface area contributed by atoms with Crippen LogP contribution in [0.2, 0.25) is 0 Å². The van der Waals surface area contributed by atoms with Crippen LogP contribution in [-0.2, 0) is 0 Å². The molecule has 3 unspecified atom stereocenters. The first-order valence-electron chi connectivity index (χ1n) is 7.18. The molecule has 2 heteroatoms. The molecule has 1 saturated heterocycles. The van der Waals surface area contributed by atoms with Gasteiger partial charge in [-0.3, -0.25) is 4.90 Å². The molecule has 1 aliphatic heterocycles. The summed E-state index contributed by atoms with van der Waals surface area (Å²) in [6, 6.07) is 2.21. The van der Waals surface area contributed by atoms with Crippen LogP contribution >= 0.6 is 0 Å². The molecule has 0 spiro atoms. The minimum Gasteiger partial charge on any atom is -0.314 e. The molecule has 0 aromatic carbocycles. The Morgan fingerprint density at radius 3 is 2.44 bits per heavy atom.